The van der Waals surface area contributed by atoms with Gasteiger partial charge in [-0.15, -0.1) is 0 Å². The summed E-state index contributed by atoms with van der Waals surface area (Å²) in [6.45, 7) is 7.16. The molecule has 0 N–H and O–H groups in total. The maximum atomic E-state index is 14.4. The van der Waals surface area contributed by atoms with Gasteiger partial charge in [-0.3, -0.25) is 8.37 Å². The van der Waals surface area contributed by atoms with Crippen LogP contribution in [-0.2, 0) is 13.1 Å². The third kappa shape index (κ3) is 12.9. The number of carbonyl (C=O) groups excluding carboxylic acids is 2. The number of hydrogen-bond acceptors (Lipinski definition) is 11. The molecule has 17 heteroatoms. The van der Waals surface area contributed by atoms with E-state index < -0.39 is 36.5 Å². The van der Waals surface area contributed by atoms with Crippen LogP contribution < -0.4 is 14.2 Å². The minimum absolute atomic E-state index is 0.000634. The van der Waals surface area contributed by atoms with E-state index in [1.54, 1.807) is 100 Å². The highest BCUT2D eigenvalue weighted by Gasteiger charge is 2.43. The molecule has 0 amide bonds. The van der Waals surface area contributed by atoms with E-state index in [9.17, 15) is 35.9 Å². The Morgan fingerprint density at radius 1 is 0.600 bits per heavy atom. The lowest BCUT2D eigenvalue weighted by atomic mass is 10.0. The van der Waals surface area contributed by atoms with Crippen LogP contribution in [0.15, 0.2) is 97.1 Å². The van der Waals surface area contributed by atoms with E-state index in [4.69, 9.17) is 32.3 Å². The first-order valence-electron chi connectivity index (χ1n) is 20.3. The highest BCUT2D eigenvalue weighted by molar-refractivity contribution is 7.94. The fourth-order valence-electron chi connectivity index (χ4n) is 6.72. The fraction of sp³-hybridized carbons (Fsp3) is 0.312. The number of rotatable bonds is 19. The van der Waals surface area contributed by atoms with Gasteiger partial charge < -0.3 is 18.9 Å². The SMILES string of the molecule is COC(=O)c1cc(C)c(OC(=O)c2c3cc(OCCCSOC(c4ccc(C)cc4)C(F)(F)F)ccc3nc3ccc(OCCCSOC(c4ccc(C)cc4)C(F)(F)F)cc23)c(C)c1. The fourth-order valence-corrected chi connectivity index (χ4v) is 8.10. The Morgan fingerprint density at radius 2 is 1.03 bits per heavy atom. The van der Waals surface area contributed by atoms with Gasteiger partial charge in [0.1, 0.15) is 17.2 Å². The summed E-state index contributed by atoms with van der Waals surface area (Å²) in [5.74, 6) is 0.00472. The Kier molecular flexibility index (Phi) is 16.3. The maximum absolute atomic E-state index is 14.4. The van der Waals surface area contributed by atoms with E-state index in [0.29, 0.717) is 81.4 Å². The van der Waals surface area contributed by atoms with Crippen molar-refractivity contribution in [2.45, 2.75) is 65.1 Å². The molecule has 0 radical (unpaired) electrons. The third-order valence-corrected chi connectivity index (χ3v) is 11.5. The van der Waals surface area contributed by atoms with Crippen molar-refractivity contribution in [3.63, 3.8) is 0 Å². The molecule has 0 bridgehead atoms. The molecule has 0 spiro atoms. The predicted octanol–water partition coefficient (Wildman–Crippen LogP) is 13.1. The van der Waals surface area contributed by atoms with Gasteiger partial charge in [0.05, 0.1) is 42.5 Å². The number of fused-ring (bicyclic) bond motifs is 2. The number of aryl methyl sites for hydroxylation is 4. The number of aromatic nitrogens is 1. The first kappa shape index (κ1) is 49.0. The Bertz CT molecular complexity index is 2450. The van der Waals surface area contributed by atoms with Gasteiger partial charge in [-0.05, 0) is 135 Å². The standard InChI is InChI=1S/C48H45F6NO8S2/c1-28-8-12-32(13-9-28)43(47(49,50)51)62-64-22-6-20-59-35-16-18-39-37(26-35)41(46(57)61-42-30(3)24-34(25-31(42)4)45(56)58-5)38-27-36(17-19-40(38)55-39)60-21-7-23-65-63-44(48(52,53)54)33-14-10-29(2)11-15-33/h8-19,24-27,43-44H,6-7,20-23H2,1-5H3. The zero-order valence-corrected chi connectivity index (χ0v) is 37.6. The van der Waals surface area contributed by atoms with Crippen LogP contribution >= 0.6 is 24.1 Å². The summed E-state index contributed by atoms with van der Waals surface area (Å²) in [6, 6.07) is 24.9. The second-order valence-electron chi connectivity index (χ2n) is 15.1. The van der Waals surface area contributed by atoms with Crippen molar-refractivity contribution in [2.75, 3.05) is 31.8 Å². The summed E-state index contributed by atoms with van der Waals surface area (Å²) >= 11 is 1.39. The number of alkyl halides is 6. The molecule has 0 aliphatic heterocycles. The van der Waals surface area contributed by atoms with E-state index in [1.165, 1.54) is 31.4 Å². The lowest BCUT2D eigenvalue weighted by molar-refractivity contribution is -0.194. The molecule has 344 valence electrons. The van der Waals surface area contributed by atoms with Gasteiger partial charge in [0, 0.05) is 22.3 Å². The first-order valence-corrected chi connectivity index (χ1v) is 22.1. The van der Waals surface area contributed by atoms with E-state index in [2.05, 4.69) is 0 Å². The van der Waals surface area contributed by atoms with Crippen LogP contribution in [-0.4, -0.2) is 61.1 Å². The number of hydrogen-bond donors (Lipinski definition) is 0. The highest BCUT2D eigenvalue weighted by Crippen LogP contribution is 2.40. The molecule has 9 nitrogen and oxygen atoms in total. The van der Waals surface area contributed by atoms with Gasteiger partial charge in [0.2, 0.25) is 0 Å². The van der Waals surface area contributed by atoms with Crippen LogP contribution in [0.1, 0.15) is 79.1 Å². The molecule has 2 unspecified atom stereocenters. The van der Waals surface area contributed by atoms with Crippen LogP contribution in [0.2, 0.25) is 0 Å². The van der Waals surface area contributed by atoms with Gasteiger partial charge >= 0.3 is 24.3 Å². The molecule has 1 aromatic heterocycles. The smallest absolute Gasteiger partial charge is 0.420 e. The molecule has 6 rings (SSSR count). The summed E-state index contributed by atoms with van der Waals surface area (Å²) in [6.07, 6.45) is -12.8. The van der Waals surface area contributed by atoms with Crippen LogP contribution in [0.4, 0.5) is 26.3 Å². The maximum Gasteiger partial charge on any atom is 0.420 e. The third-order valence-electron chi connectivity index (χ3n) is 9.96. The second-order valence-corrected chi connectivity index (χ2v) is 16.7. The average Bonchev–Trinajstić information content (AvgIpc) is 3.25. The molecule has 6 aromatic rings. The Balaban J connectivity index is 1.18. The van der Waals surface area contributed by atoms with Crippen molar-refractivity contribution in [3.05, 3.63) is 142 Å². The van der Waals surface area contributed by atoms with Crippen LogP contribution in [0, 0.1) is 27.7 Å². The summed E-state index contributed by atoms with van der Waals surface area (Å²) < 4.78 is 116. The quantitative estimate of drug-likeness (QED) is 0.0194. The zero-order chi connectivity index (χ0) is 46.9. The lowest BCUT2D eigenvalue weighted by Gasteiger charge is -2.20. The first-order chi connectivity index (χ1) is 30.9. The molecule has 0 saturated heterocycles. The van der Waals surface area contributed by atoms with Crippen LogP contribution in [0.25, 0.3) is 21.8 Å². The molecule has 2 atom stereocenters. The molecule has 0 fully saturated rings. The number of halogens is 6. The summed E-state index contributed by atoms with van der Waals surface area (Å²) in [5, 5.41) is 0.729. The summed E-state index contributed by atoms with van der Waals surface area (Å²) in [7, 11) is 1.26. The molecular formula is C48H45F6NO8S2. The average molecular weight is 942 g/mol. The number of carbonyl (C=O) groups is 2. The normalized spacial score (nSPS) is 12.8. The van der Waals surface area contributed by atoms with E-state index >= 15 is 0 Å². The van der Waals surface area contributed by atoms with Gasteiger partial charge in [-0.1, -0.05) is 59.7 Å². The molecule has 1 heterocycles. The summed E-state index contributed by atoms with van der Waals surface area (Å²) in [4.78, 5) is 31.4. The van der Waals surface area contributed by atoms with Crippen LogP contribution in [0.5, 0.6) is 17.2 Å². The number of esters is 2. The second kappa shape index (κ2) is 21.7. The largest absolute Gasteiger partial charge is 0.494 e. The predicted molar refractivity (Wildman–Crippen MR) is 239 cm³/mol. The topological polar surface area (TPSA) is 102 Å². The summed E-state index contributed by atoms with van der Waals surface area (Å²) in [5.41, 5.74) is 3.90. The van der Waals surface area contributed by atoms with Crippen molar-refractivity contribution in [1.82, 2.24) is 4.98 Å². The van der Waals surface area contributed by atoms with Crippen molar-refractivity contribution in [1.29, 1.82) is 0 Å². The van der Waals surface area contributed by atoms with Gasteiger partial charge in [0.25, 0.3) is 0 Å². The number of nitrogens with zero attached hydrogens (tertiary/aromatic N) is 1. The van der Waals surface area contributed by atoms with E-state index in [-0.39, 0.29) is 52.7 Å². The Hall–Kier alpha value is -5.49. The minimum Gasteiger partial charge on any atom is -0.494 e. The molecule has 65 heavy (non-hydrogen) atoms. The zero-order valence-electron chi connectivity index (χ0n) is 35.9. The molecule has 0 aliphatic carbocycles. The van der Waals surface area contributed by atoms with Crippen molar-refractivity contribution >= 4 is 57.8 Å². The Labute approximate surface area is 380 Å². The Morgan fingerprint density at radius 3 is 1.43 bits per heavy atom. The van der Waals surface area contributed by atoms with Crippen molar-refractivity contribution in [3.8, 4) is 17.2 Å². The minimum atomic E-state index is -4.61. The van der Waals surface area contributed by atoms with Gasteiger partial charge in [-0.25, -0.2) is 14.6 Å². The number of ether oxygens (including phenoxy) is 4. The van der Waals surface area contributed by atoms with Gasteiger partial charge in [0.15, 0.2) is 12.2 Å². The van der Waals surface area contributed by atoms with E-state index in [1.807, 2.05) is 0 Å². The van der Waals surface area contributed by atoms with Crippen molar-refractivity contribution < 1.29 is 63.2 Å². The molecular weight excluding hydrogens is 897 g/mol. The number of pyridine rings is 1. The number of benzene rings is 5. The molecule has 0 aliphatic rings. The molecule has 0 saturated carbocycles. The highest BCUT2D eigenvalue weighted by atomic mass is 32.2. The van der Waals surface area contributed by atoms with Gasteiger partial charge in [-0.2, -0.15) is 26.3 Å². The lowest BCUT2D eigenvalue weighted by Crippen LogP contribution is -2.22. The number of methoxy groups -OCH3 is 1. The van der Waals surface area contributed by atoms with E-state index in [0.717, 1.165) is 11.1 Å². The molecule has 5 aromatic carbocycles. The monoisotopic (exact) mass is 941 g/mol. The van der Waals surface area contributed by atoms with Crippen LogP contribution in [0.3, 0.4) is 0 Å². The van der Waals surface area contributed by atoms with Crippen molar-refractivity contribution in [2.24, 2.45) is 0 Å².